The Morgan fingerprint density at radius 3 is 2.85 bits per heavy atom. The summed E-state index contributed by atoms with van der Waals surface area (Å²) in [6.07, 6.45) is 6.00. The van der Waals surface area contributed by atoms with E-state index in [2.05, 4.69) is 15.3 Å². The number of methoxy groups -OCH3 is 1. The van der Waals surface area contributed by atoms with Crippen LogP contribution in [0.4, 0.5) is 0 Å². The van der Waals surface area contributed by atoms with Crippen LogP contribution in [0.1, 0.15) is 56.7 Å². The van der Waals surface area contributed by atoms with Crippen molar-refractivity contribution < 1.29 is 4.74 Å². The zero-order valence-corrected chi connectivity index (χ0v) is 12.4. The van der Waals surface area contributed by atoms with Crippen LogP contribution < -0.4 is 10.9 Å². The van der Waals surface area contributed by atoms with Crippen LogP contribution >= 0.6 is 0 Å². The molecule has 112 valence electrons. The molecule has 0 aromatic carbocycles. The van der Waals surface area contributed by atoms with Crippen molar-refractivity contribution in [2.24, 2.45) is 5.92 Å². The molecule has 1 aliphatic carbocycles. The van der Waals surface area contributed by atoms with E-state index < -0.39 is 0 Å². The second-order valence-electron chi connectivity index (χ2n) is 5.46. The van der Waals surface area contributed by atoms with Gasteiger partial charge in [-0.2, -0.15) is 0 Å². The molecule has 2 N–H and O–H groups in total. The largest absolute Gasteiger partial charge is 0.373 e. The third kappa shape index (κ3) is 3.90. The van der Waals surface area contributed by atoms with E-state index in [-0.39, 0.29) is 11.7 Å². The van der Waals surface area contributed by atoms with Gasteiger partial charge < -0.3 is 15.0 Å². The number of aromatic amines is 1. The molecule has 0 radical (unpaired) electrons. The fourth-order valence-electron chi connectivity index (χ4n) is 2.97. The van der Waals surface area contributed by atoms with Crippen molar-refractivity contribution in [1.29, 1.82) is 0 Å². The first-order valence-corrected chi connectivity index (χ1v) is 7.58. The first-order chi connectivity index (χ1) is 9.74. The zero-order chi connectivity index (χ0) is 14.4. The Bertz CT molecular complexity index is 466. The van der Waals surface area contributed by atoms with Gasteiger partial charge in [0.15, 0.2) is 0 Å². The Morgan fingerprint density at radius 1 is 1.45 bits per heavy atom. The molecule has 2 rings (SSSR count). The number of aromatic nitrogens is 2. The van der Waals surface area contributed by atoms with Crippen molar-refractivity contribution in [1.82, 2.24) is 15.3 Å². The second kappa shape index (κ2) is 7.55. The normalized spacial score (nSPS) is 18.1. The predicted octanol–water partition coefficient (Wildman–Crippen LogP) is 2.15. The number of H-pyrrole nitrogens is 1. The number of ether oxygens (including phenoxy) is 1. The lowest BCUT2D eigenvalue weighted by Gasteiger charge is -2.28. The minimum absolute atomic E-state index is 0.0930. The van der Waals surface area contributed by atoms with Crippen molar-refractivity contribution in [3.63, 3.8) is 0 Å². The Kier molecular flexibility index (Phi) is 5.73. The summed E-state index contributed by atoms with van der Waals surface area (Å²) in [4.78, 5) is 19.2. The maximum Gasteiger partial charge on any atom is 0.251 e. The standard InChI is InChI=1S/C15H25N3O2/c1-3-16-10-12-9-13(19)18-15(17-12)14(20-2)11-7-5-4-6-8-11/h9,11,14,16H,3-8,10H2,1-2H3,(H,17,18,19). The maximum absolute atomic E-state index is 11.8. The molecule has 0 bridgehead atoms. The lowest BCUT2D eigenvalue weighted by molar-refractivity contribution is 0.0285. The van der Waals surface area contributed by atoms with Crippen molar-refractivity contribution >= 4 is 0 Å². The molecule has 0 spiro atoms. The van der Waals surface area contributed by atoms with Gasteiger partial charge in [0, 0.05) is 19.7 Å². The highest BCUT2D eigenvalue weighted by Gasteiger charge is 2.27. The fraction of sp³-hybridized carbons (Fsp3) is 0.733. The molecule has 1 saturated carbocycles. The van der Waals surface area contributed by atoms with Gasteiger partial charge in [-0.3, -0.25) is 4.79 Å². The number of hydrogen-bond donors (Lipinski definition) is 2. The van der Waals surface area contributed by atoms with Crippen molar-refractivity contribution in [3.8, 4) is 0 Å². The van der Waals surface area contributed by atoms with Crippen LogP contribution in [0.15, 0.2) is 10.9 Å². The molecule has 5 heteroatoms. The first-order valence-electron chi connectivity index (χ1n) is 7.58. The summed E-state index contributed by atoms with van der Waals surface area (Å²) in [5.74, 6) is 1.14. The minimum atomic E-state index is -0.0965. The van der Waals surface area contributed by atoms with Gasteiger partial charge in [0.1, 0.15) is 11.9 Å². The SMILES string of the molecule is CCNCc1cc(=O)[nH]c(C(OC)C2CCCCC2)n1. The average Bonchev–Trinajstić information content (AvgIpc) is 2.46. The number of rotatable bonds is 6. The van der Waals surface area contributed by atoms with E-state index in [0.29, 0.717) is 18.3 Å². The molecule has 20 heavy (non-hydrogen) atoms. The van der Waals surface area contributed by atoms with Crippen LogP contribution in [0.2, 0.25) is 0 Å². The number of nitrogens with zero attached hydrogens (tertiary/aromatic N) is 1. The molecule has 1 fully saturated rings. The second-order valence-corrected chi connectivity index (χ2v) is 5.46. The summed E-state index contributed by atoms with van der Waals surface area (Å²) < 4.78 is 5.64. The Hall–Kier alpha value is -1.20. The molecule has 1 aliphatic rings. The summed E-state index contributed by atoms with van der Waals surface area (Å²) in [6, 6.07) is 1.56. The number of nitrogens with one attached hydrogen (secondary N) is 2. The molecule has 0 amide bonds. The molecule has 1 aromatic rings. The van der Waals surface area contributed by atoms with E-state index in [9.17, 15) is 4.79 Å². The molecular weight excluding hydrogens is 254 g/mol. The van der Waals surface area contributed by atoms with Gasteiger partial charge in [-0.05, 0) is 25.3 Å². The van der Waals surface area contributed by atoms with Gasteiger partial charge in [-0.15, -0.1) is 0 Å². The topological polar surface area (TPSA) is 67.0 Å². The van der Waals surface area contributed by atoms with Crippen LogP contribution in [-0.2, 0) is 11.3 Å². The van der Waals surface area contributed by atoms with E-state index in [1.54, 1.807) is 13.2 Å². The van der Waals surface area contributed by atoms with Crippen LogP contribution in [0.5, 0.6) is 0 Å². The molecule has 1 atom stereocenters. The summed E-state index contributed by atoms with van der Waals surface area (Å²) in [6.45, 7) is 3.52. The van der Waals surface area contributed by atoms with Gasteiger partial charge in [-0.1, -0.05) is 26.2 Å². The van der Waals surface area contributed by atoms with Crippen molar-refractivity contribution in [3.05, 3.63) is 27.9 Å². The third-order valence-corrected chi connectivity index (χ3v) is 3.97. The van der Waals surface area contributed by atoms with Crippen LogP contribution in [0.3, 0.4) is 0 Å². The van der Waals surface area contributed by atoms with Gasteiger partial charge in [0.2, 0.25) is 0 Å². The van der Waals surface area contributed by atoms with Crippen LogP contribution in [0, 0.1) is 5.92 Å². The molecule has 1 aromatic heterocycles. The van der Waals surface area contributed by atoms with Gasteiger partial charge in [-0.25, -0.2) is 4.98 Å². The average molecular weight is 279 g/mol. The zero-order valence-electron chi connectivity index (χ0n) is 12.4. The lowest BCUT2D eigenvalue weighted by atomic mass is 9.85. The van der Waals surface area contributed by atoms with Crippen molar-refractivity contribution in [2.45, 2.75) is 51.7 Å². The summed E-state index contributed by atoms with van der Waals surface area (Å²) >= 11 is 0. The molecule has 0 saturated heterocycles. The van der Waals surface area contributed by atoms with E-state index in [1.165, 1.54) is 19.3 Å². The van der Waals surface area contributed by atoms with Crippen molar-refractivity contribution in [2.75, 3.05) is 13.7 Å². The predicted molar refractivity (Wildman–Crippen MR) is 78.6 cm³/mol. The monoisotopic (exact) mass is 279 g/mol. The lowest BCUT2D eigenvalue weighted by Crippen LogP contribution is -2.25. The molecule has 1 heterocycles. The third-order valence-electron chi connectivity index (χ3n) is 3.97. The summed E-state index contributed by atoms with van der Waals surface area (Å²) in [5.41, 5.74) is 0.684. The van der Waals surface area contributed by atoms with E-state index in [4.69, 9.17) is 4.74 Å². The smallest absolute Gasteiger partial charge is 0.251 e. The number of hydrogen-bond acceptors (Lipinski definition) is 4. The van der Waals surface area contributed by atoms with E-state index in [0.717, 1.165) is 25.1 Å². The van der Waals surface area contributed by atoms with Crippen LogP contribution in [0.25, 0.3) is 0 Å². The van der Waals surface area contributed by atoms with Gasteiger partial charge in [0.25, 0.3) is 5.56 Å². The van der Waals surface area contributed by atoms with E-state index >= 15 is 0 Å². The Balaban J connectivity index is 2.19. The molecule has 0 aliphatic heterocycles. The molecular formula is C15H25N3O2. The van der Waals surface area contributed by atoms with Gasteiger partial charge in [0.05, 0.1) is 5.69 Å². The van der Waals surface area contributed by atoms with Crippen LogP contribution in [-0.4, -0.2) is 23.6 Å². The Labute approximate surface area is 120 Å². The maximum atomic E-state index is 11.8. The van der Waals surface area contributed by atoms with E-state index in [1.807, 2.05) is 6.92 Å². The quantitative estimate of drug-likeness (QED) is 0.837. The van der Waals surface area contributed by atoms with Gasteiger partial charge >= 0.3 is 0 Å². The minimum Gasteiger partial charge on any atom is -0.373 e. The highest BCUT2D eigenvalue weighted by atomic mass is 16.5. The summed E-state index contributed by atoms with van der Waals surface area (Å²) in [7, 11) is 1.70. The fourth-order valence-corrected chi connectivity index (χ4v) is 2.97. The summed E-state index contributed by atoms with van der Waals surface area (Å²) in [5, 5.41) is 3.20. The first kappa shape index (κ1) is 15.2. The highest BCUT2D eigenvalue weighted by Crippen LogP contribution is 2.34. The molecule has 5 nitrogen and oxygen atoms in total. The highest BCUT2D eigenvalue weighted by molar-refractivity contribution is 5.05. The molecule has 1 unspecified atom stereocenters. The Morgan fingerprint density at radius 2 is 2.20 bits per heavy atom.